The van der Waals surface area contributed by atoms with Gasteiger partial charge in [-0.1, -0.05) is 60.9 Å². The second-order valence-electron chi connectivity index (χ2n) is 7.73. The SMILES string of the molecule is CCn1c(SCC(=O)Nc2ccc(Br)c(Cl)c2)nnc1[C@@H](NC(=O)c1ccccc1Cl)C(C)C. The molecule has 1 atom stereocenters. The molecule has 3 rings (SSSR count). The van der Waals surface area contributed by atoms with Crippen LogP contribution in [0.3, 0.4) is 0 Å². The molecule has 0 aliphatic rings. The highest BCUT2D eigenvalue weighted by Gasteiger charge is 2.26. The molecule has 0 saturated carbocycles. The van der Waals surface area contributed by atoms with Crippen LogP contribution in [0, 0.1) is 5.92 Å². The molecule has 11 heteroatoms. The van der Waals surface area contributed by atoms with Crippen molar-refractivity contribution in [1.82, 2.24) is 20.1 Å². The molecule has 3 aromatic rings. The molecule has 180 valence electrons. The average Bonchev–Trinajstić information content (AvgIpc) is 3.21. The molecule has 34 heavy (non-hydrogen) atoms. The van der Waals surface area contributed by atoms with E-state index < -0.39 is 0 Å². The summed E-state index contributed by atoms with van der Waals surface area (Å²) in [7, 11) is 0. The zero-order valence-electron chi connectivity index (χ0n) is 18.8. The quantitative estimate of drug-likeness (QED) is 0.291. The van der Waals surface area contributed by atoms with Gasteiger partial charge >= 0.3 is 0 Å². The number of aromatic nitrogens is 3. The Morgan fingerprint density at radius 1 is 1.12 bits per heavy atom. The predicted molar refractivity (Wildman–Crippen MR) is 141 cm³/mol. The summed E-state index contributed by atoms with van der Waals surface area (Å²) in [5.41, 5.74) is 1.01. The second-order valence-corrected chi connectivity index (χ2v) is 10.3. The Hall–Kier alpha value is -2.07. The van der Waals surface area contributed by atoms with Gasteiger partial charge in [-0.15, -0.1) is 10.2 Å². The Balaban J connectivity index is 1.72. The number of hydrogen-bond donors (Lipinski definition) is 2. The molecule has 0 bridgehead atoms. The van der Waals surface area contributed by atoms with E-state index in [9.17, 15) is 9.59 Å². The van der Waals surface area contributed by atoms with E-state index in [2.05, 4.69) is 36.8 Å². The molecule has 0 aliphatic heterocycles. The van der Waals surface area contributed by atoms with Crippen LogP contribution >= 0.6 is 50.9 Å². The lowest BCUT2D eigenvalue weighted by atomic mass is 10.0. The highest BCUT2D eigenvalue weighted by molar-refractivity contribution is 9.10. The van der Waals surface area contributed by atoms with Gasteiger partial charge in [-0.25, -0.2) is 0 Å². The van der Waals surface area contributed by atoms with Gasteiger partial charge < -0.3 is 15.2 Å². The van der Waals surface area contributed by atoms with Gasteiger partial charge in [-0.05, 0) is 59.1 Å². The Morgan fingerprint density at radius 2 is 1.85 bits per heavy atom. The van der Waals surface area contributed by atoms with Crippen molar-refractivity contribution in [1.29, 1.82) is 0 Å². The van der Waals surface area contributed by atoms with E-state index in [1.54, 1.807) is 42.5 Å². The molecule has 7 nitrogen and oxygen atoms in total. The first-order valence-corrected chi connectivity index (χ1v) is 13.1. The Morgan fingerprint density at radius 3 is 2.50 bits per heavy atom. The summed E-state index contributed by atoms with van der Waals surface area (Å²) >= 11 is 16.9. The first-order valence-electron chi connectivity index (χ1n) is 10.6. The van der Waals surface area contributed by atoms with Gasteiger partial charge in [-0.3, -0.25) is 9.59 Å². The lowest BCUT2D eigenvalue weighted by molar-refractivity contribution is -0.113. The van der Waals surface area contributed by atoms with Gasteiger partial charge in [0.1, 0.15) is 0 Å². The van der Waals surface area contributed by atoms with Gasteiger partial charge in [0.25, 0.3) is 5.91 Å². The monoisotopic (exact) mass is 583 g/mol. The van der Waals surface area contributed by atoms with E-state index in [0.717, 1.165) is 4.47 Å². The fourth-order valence-electron chi connectivity index (χ4n) is 3.23. The number of halogens is 3. The number of amides is 2. The highest BCUT2D eigenvalue weighted by Crippen LogP contribution is 2.28. The van der Waals surface area contributed by atoms with Crippen LogP contribution in [0.5, 0.6) is 0 Å². The second kappa shape index (κ2) is 12.1. The molecule has 1 heterocycles. The van der Waals surface area contributed by atoms with Gasteiger partial charge in [0, 0.05) is 16.7 Å². The summed E-state index contributed by atoms with van der Waals surface area (Å²) in [6.07, 6.45) is 0. The van der Waals surface area contributed by atoms with E-state index in [1.165, 1.54) is 11.8 Å². The average molecular weight is 585 g/mol. The van der Waals surface area contributed by atoms with E-state index in [-0.39, 0.29) is 29.5 Å². The largest absolute Gasteiger partial charge is 0.342 e. The highest BCUT2D eigenvalue weighted by atomic mass is 79.9. The summed E-state index contributed by atoms with van der Waals surface area (Å²) in [4.78, 5) is 25.3. The summed E-state index contributed by atoms with van der Waals surface area (Å²) in [5, 5.41) is 16.0. The molecule has 0 radical (unpaired) electrons. The lowest BCUT2D eigenvalue weighted by Crippen LogP contribution is -2.34. The number of nitrogens with one attached hydrogen (secondary N) is 2. The lowest BCUT2D eigenvalue weighted by Gasteiger charge is -2.22. The Bertz CT molecular complexity index is 1190. The first kappa shape index (κ1) is 26.5. The van der Waals surface area contributed by atoms with Crippen molar-refractivity contribution in [2.75, 3.05) is 11.1 Å². The minimum absolute atomic E-state index is 0.0456. The van der Waals surface area contributed by atoms with Crippen LogP contribution in [-0.2, 0) is 11.3 Å². The Kier molecular flexibility index (Phi) is 9.41. The maximum Gasteiger partial charge on any atom is 0.253 e. The van der Waals surface area contributed by atoms with E-state index >= 15 is 0 Å². The molecule has 0 aliphatic carbocycles. The number of thioether (sulfide) groups is 1. The summed E-state index contributed by atoms with van der Waals surface area (Å²) in [5.74, 6) is 0.342. The minimum atomic E-state index is -0.385. The normalized spacial score (nSPS) is 12.0. The molecule has 0 fully saturated rings. The van der Waals surface area contributed by atoms with Gasteiger partial charge in [0.15, 0.2) is 11.0 Å². The Labute approximate surface area is 221 Å². The van der Waals surface area contributed by atoms with Crippen molar-refractivity contribution in [2.45, 2.75) is 38.5 Å². The van der Waals surface area contributed by atoms with Crippen molar-refractivity contribution in [3.05, 3.63) is 68.4 Å². The maximum atomic E-state index is 12.9. The van der Waals surface area contributed by atoms with Crippen LogP contribution in [0.4, 0.5) is 5.69 Å². The molecule has 0 spiro atoms. The van der Waals surface area contributed by atoms with Crippen molar-refractivity contribution in [2.24, 2.45) is 5.92 Å². The maximum absolute atomic E-state index is 12.9. The smallest absolute Gasteiger partial charge is 0.253 e. The molecular weight excluding hydrogens is 561 g/mol. The molecule has 1 aromatic heterocycles. The van der Waals surface area contributed by atoms with Crippen LogP contribution in [-0.4, -0.2) is 32.3 Å². The summed E-state index contributed by atoms with van der Waals surface area (Å²) in [6.45, 7) is 6.54. The fourth-order valence-corrected chi connectivity index (χ4v) is 4.69. The van der Waals surface area contributed by atoms with Gasteiger partial charge in [0.05, 0.1) is 27.4 Å². The molecule has 0 unspecified atom stereocenters. The molecular formula is C23H24BrCl2N5O2S. The number of rotatable bonds is 9. The third kappa shape index (κ3) is 6.53. The van der Waals surface area contributed by atoms with Crippen molar-refractivity contribution >= 4 is 68.4 Å². The summed E-state index contributed by atoms with van der Waals surface area (Å²) in [6, 6.07) is 11.7. The van der Waals surface area contributed by atoms with E-state index in [1.807, 2.05) is 25.3 Å². The number of hydrogen-bond acceptors (Lipinski definition) is 5. The number of carbonyl (C=O) groups excluding carboxylic acids is 2. The molecule has 2 aromatic carbocycles. The number of nitrogens with zero attached hydrogens (tertiary/aromatic N) is 3. The van der Waals surface area contributed by atoms with Crippen molar-refractivity contribution in [3.8, 4) is 0 Å². The van der Waals surface area contributed by atoms with Gasteiger partial charge in [0.2, 0.25) is 5.91 Å². The fraction of sp³-hybridized carbons (Fsp3) is 0.304. The number of benzene rings is 2. The third-order valence-corrected chi connectivity index (χ3v) is 7.48. The van der Waals surface area contributed by atoms with Crippen LogP contribution in [0.1, 0.15) is 43.0 Å². The number of carbonyl (C=O) groups is 2. The number of anilines is 1. The minimum Gasteiger partial charge on any atom is -0.342 e. The van der Waals surface area contributed by atoms with Crippen LogP contribution < -0.4 is 10.6 Å². The summed E-state index contributed by atoms with van der Waals surface area (Å²) < 4.78 is 2.66. The zero-order valence-corrected chi connectivity index (χ0v) is 22.7. The molecule has 2 amide bonds. The molecule has 2 N–H and O–H groups in total. The first-order chi connectivity index (χ1) is 16.2. The van der Waals surface area contributed by atoms with Crippen LogP contribution in [0.25, 0.3) is 0 Å². The third-order valence-electron chi connectivity index (χ3n) is 4.95. The van der Waals surface area contributed by atoms with E-state index in [0.29, 0.717) is 38.8 Å². The van der Waals surface area contributed by atoms with E-state index in [4.69, 9.17) is 23.2 Å². The zero-order chi connectivity index (χ0) is 24.8. The van der Waals surface area contributed by atoms with Crippen LogP contribution in [0.2, 0.25) is 10.0 Å². The van der Waals surface area contributed by atoms with Crippen LogP contribution in [0.15, 0.2) is 52.1 Å². The van der Waals surface area contributed by atoms with Crippen molar-refractivity contribution in [3.63, 3.8) is 0 Å². The topological polar surface area (TPSA) is 88.9 Å². The molecule has 0 saturated heterocycles. The standard InChI is InChI=1S/C23H24BrCl2N5O2S/c1-4-31-21(20(13(2)3)28-22(33)15-7-5-6-8-17(15)25)29-30-23(31)34-12-19(32)27-14-9-10-16(24)18(26)11-14/h5-11,13,20H,4,12H2,1-3H3,(H,27,32)(H,28,33)/t20-/m0/s1. The van der Waals surface area contributed by atoms with Gasteiger partial charge in [-0.2, -0.15) is 0 Å². The van der Waals surface area contributed by atoms with Crippen molar-refractivity contribution < 1.29 is 9.59 Å². The predicted octanol–water partition coefficient (Wildman–Crippen LogP) is 6.23.